The fourth-order valence-corrected chi connectivity index (χ4v) is 5.55. The molecule has 6 rings (SSSR count). The first kappa shape index (κ1) is 42.7. The minimum absolute atomic E-state index is 0.0673. The van der Waals surface area contributed by atoms with E-state index in [1.54, 1.807) is 48.5 Å². The molecule has 0 aliphatic rings. The molecule has 2 amide bonds. The Labute approximate surface area is 338 Å². The first-order valence-electron chi connectivity index (χ1n) is 18.2. The van der Waals surface area contributed by atoms with Crippen LogP contribution in [-0.2, 0) is 41.6 Å². The standard InChI is InChI=1S/C25H18O7.C20H22N2O5/c26-21(24(29)31-22(27)19-11-9-15-5-1-3-7-17(15)13-19)25(30)32-23(28)20-12-10-16-6-2-4-8-18(16)14-20;1-14(19(24)25)21-18(23)17(12-15-8-4-2-5-9-15)22-20(26)27-13-16-10-6-3-7-11-16/h1-14,24-25,29-30H;2-11,14,17H,12-13H2,1H3,(H,21,23)(H,22,26)(H,24,25)/t;14-,17-/m.0/s1. The van der Waals surface area contributed by atoms with Crippen LogP contribution in [0.15, 0.2) is 146 Å². The lowest BCUT2D eigenvalue weighted by molar-refractivity contribution is -0.172. The monoisotopic (exact) mass is 800 g/mol. The van der Waals surface area contributed by atoms with Gasteiger partial charge in [0, 0.05) is 6.42 Å². The number of alkyl carbamates (subject to hydrolysis) is 1. The summed E-state index contributed by atoms with van der Waals surface area (Å²) >= 11 is 0. The number of Topliss-reactive ketones (excluding diaryl/α,β-unsaturated/α-hetero) is 1. The Morgan fingerprint density at radius 1 is 0.559 bits per heavy atom. The molecule has 6 aromatic rings. The van der Waals surface area contributed by atoms with Gasteiger partial charge < -0.3 is 40.2 Å². The van der Waals surface area contributed by atoms with E-state index in [9.17, 15) is 39.0 Å². The van der Waals surface area contributed by atoms with E-state index in [0.29, 0.717) is 0 Å². The first-order valence-corrected chi connectivity index (χ1v) is 18.2. The molecule has 0 aromatic heterocycles. The number of hydrogen-bond donors (Lipinski definition) is 5. The van der Waals surface area contributed by atoms with Crippen LogP contribution in [-0.4, -0.2) is 75.7 Å². The maximum Gasteiger partial charge on any atom is 0.408 e. The van der Waals surface area contributed by atoms with Crippen molar-refractivity contribution in [1.29, 1.82) is 0 Å². The lowest BCUT2D eigenvalue weighted by atomic mass is 10.1. The number of esters is 2. The van der Waals surface area contributed by atoms with Crippen molar-refractivity contribution >= 4 is 57.2 Å². The van der Waals surface area contributed by atoms with Gasteiger partial charge in [0.25, 0.3) is 18.4 Å². The molecule has 0 saturated heterocycles. The molecule has 0 aliphatic heterocycles. The molecule has 0 radical (unpaired) electrons. The third kappa shape index (κ3) is 12.5. The number of ether oxygens (including phenoxy) is 3. The highest BCUT2D eigenvalue weighted by Gasteiger charge is 2.31. The number of aliphatic hydroxyl groups is 2. The molecule has 14 heteroatoms. The number of carbonyl (C=O) groups excluding carboxylic acids is 5. The van der Waals surface area contributed by atoms with Crippen LogP contribution < -0.4 is 10.6 Å². The number of rotatable bonds is 14. The van der Waals surface area contributed by atoms with E-state index < -0.39 is 60.4 Å². The highest BCUT2D eigenvalue weighted by Crippen LogP contribution is 2.19. The SMILES string of the molecule is C[C@H](NC(=O)[C@H](Cc1ccccc1)NC(=O)OCc1ccccc1)C(=O)O.O=C(OC(O)C(=O)C(O)OC(=O)c1ccc2ccccc2c1)c1ccc2ccccc2c1. The molecule has 6 aromatic carbocycles. The smallest absolute Gasteiger partial charge is 0.408 e. The molecule has 0 saturated carbocycles. The summed E-state index contributed by atoms with van der Waals surface area (Å²) < 4.78 is 14.6. The Bertz CT molecular complexity index is 2320. The van der Waals surface area contributed by atoms with Crippen molar-refractivity contribution in [3.63, 3.8) is 0 Å². The Hall–Kier alpha value is -7.42. The lowest BCUT2D eigenvalue weighted by Crippen LogP contribution is -2.51. The van der Waals surface area contributed by atoms with Gasteiger partial charge in [-0.1, -0.05) is 121 Å². The van der Waals surface area contributed by atoms with Gasteiger partial charge in [-0.25, -0.2) is 14.4 Å². The molecule has 2 unspecified atom stereocenters. The number of benzene rings is 6. The van der Waals surface area contributed by atoms with Gasteiger partial charge in [0.2, 0.25) is 5.91 Å². The van der Waals surface area contributed by atoms with Gasteiger partial charge in [0.05, 0.1) is 11.1 Å². The second-order valence-corrected chi connectivity index (χ2v) is 13.1. The first-order chi connectivity index (χ1) is 28.4. The number of aliphatic carboxylic acids is 1. The van der Waals surface area contributed by atoms with Crippen LogP contribution in [0.25, 0.3) is 21.5 Å². The van der Waals surface area contributed by atoms with E-state index >= 15 is 0 Å². The fraction of sp³-hybridized carbons (Fsp3) is 0.156. The van der Waals surface area contributed by atoms with E-state index in [4.69, 9.17) is 19.3 Å². The average Bonchev–Trinajstić information content (AvgIpc) is 3.25. The molecule has 0 heterocycles. The molecule has 14 nitrogen and oxygen atoms in total. The number of fused-ring (bicyclic) bond motifs is 2. The zero-order valence-corrected chi connectivity index (χ0v) is 31.6. The van der Waals surface area contributed by atoms with Crippen LogP contribution in [0.2, 0.25) is 0 Å². The zero-order valence-electron chi connectivity index (χ0n) is 31.6. The topological polar surface area (TPSA) is 215 Å². The predicted octanol–water partition coefficient (Wildman–Crippen LogP) is 5.33. The molecule has 5 N–H and O–H groups in total. The average molecular weight is 801 g/mol. The number of nitrogens with one attached hydrogen (secondary N) is 2. The predicted molar refractivity (Wildman–Crippen MR) is 215 cm³/mol. The summed E-state index contributed by atoms with van der Waals surface area (Å²) in [7, 11) is 0. The summed E-state index contributed by atoms with van der Waals surface area (Å²) in [5.74, 6) is -5.07. The van der Waals surface area contributed by atoms with Crippen LogP contribution in [0, 0.1) is 0 Å². The third-order valence-corrected chi connectivity index (χ3v) is 8.73. The third-order valence-electron chi connectivity index (χ3n) is 8.73. The molecular weight excluding hydrogens is 760 g/mol. The fourth-order valence-electron chi connectivity index (χ4n) is 5.55. The number of carboxylic acids is 1. The summed E-state index contributed by atoms with van der Waals surface area (Å²) in [6.07, 6.45) is -5.17. The van der Waals surface area contributed by atoms with Crippen molar-refractivity contribution in [3.05, 3.63) is 168 Å². The molecule has 302 valence electrons. The van der Waals surface area contributed by atoms with Crippen LogP contribution in [0.3, 0.4) is 0 Å². The van der Waals surface area contributed by atoms with Crippen molar-refractivity contribution in [2.45, 2.75) is 44.6 Å². The molecule has 4 atom stereocenters. The van der Waals surface area contributed by atoms with Gasteiger partial charge in [-0.05, 0) is 63.9 Å². The Morgan fingerprint density at radius 3 is 1.47 bits per heavy atom. The number of hydrogen-bond acceptors (Lipinski definition) is 11. The maximum absolute atomic E-state index is 12.4. The number of carbonyl (C=O) groups is 6. The normalized spacial score (nSPS) is 12.7. The van der Waals surface area contributed by atoms with Crippen LogP contribution in [0.1, 0.15) is 38.8 Å². The number of amides is 2. The summed E-state index contributed by atoms with van der Waals surface area (Å²) in [5, 5.41) is 37.0. The molecule has 0 aliphatic carbocycles. The van der Waals surface area contributed by atoms with E-state index in [1.807, 2.05) is 84.9 Å². The molecule has 0 spiro atoms. The quantitative estimate of drug-likeness (QED) is 0.0538. The molecule has 0 bridgehead atoms. The van der Waals surface area contributed by atoms with Crippen molar-refractivity contribution in [2.24, 2.45) is 0 Å². The number of ketones is 1. The molecule has 59 heavy (non-hydrogen) atoms. The lowest BCUT2D eigenvalue weighted by Gasteiger charge is -2.20. The molecule has 0 fully saturated rings. The number of aliphatic hydroxyl groups excluding tert-OH is 2. The van der Waals surface area contributed by atoms with Crippen molar-refractivity contribution in [1.82, 2.24) is 10.6 Å². The maximum atomic E-state index is 12.4. The second-order valence-electron chi connectivity index (χ2n) is 13.1. The minimum Gasteiger partial charge on any atom is -0.480 e. The van der Waals surface area contributed by atoms with E-state index in [-0.39, 0.29) is 24.2 Å². The zero-order chi connectivity index (χ0) is 42.3. The highest BCUT2D eigenvalue weighted by atomic mass is 16.7. The van der Waals surface area contributed by atoms with Gasteiger partial charge in [0.15, 0.2) is 0 Å². The Kier molecular flexibility index (Phi) is 15.0. The largest absolute Gasteiger partial charge is 0.480 e. The van der Waals surface area contributed by atoms with Crippen LogP contribution in [0.4, 0.5) is 4.79 Å². The molecular formula is C45H40N2O12. The van der Waals surface area contributed by atoms with Gasteiger partial charge in [-0.3, -0.25) is 14.4 Å². The Balaban J connectivity index is 0.000000228. The van der Waals surface area contributed by atoms with E-state index in [2.05, 4.69) is 10.6 Å². The highest BCUT2D eigenvalue weighted by molar-refractivity contribution is 5.99. The van der Waals surface area contributed by atoms with E-state index in [0.717, 1.165) is 32.7 Å². The van der Waals surface area contributed by atoms with Crippen molar-refractivity contribution in [2.75, 3.05) is 0 Å². The van der Waals surface area contributed by atoms with Crippen LogP contribution >= 0.6 is 0 Å². The van der Waals surface area contributed by atoms with E-state index in [1.165, 1.54) is 19.1 Å². The van der Waals surface area contributed by atoms with Crippen molar-refractivity contribution < 1.29 is 58.3 Å². The number of carboxylic acid groups (broad SMARTS) is 1. The summed E-state index contributed by atoms with van der Waals surface area (Å²) in [6, 6.07) is 40.3. The van der Waals surface area contributed by atoms with Gasteiger partial charge in [-0.15, -0.1) is 0 Å². The van der Waals surface area contributed by atoms with Crippen LogP contribution in [0.5, 0.6) is 0 Å². The van der Waals surface area contributed by atoms with Gasteiger partial charge in [0.1, 0.15) is 18.7 Å². The minimum atomic E-state index is -2.31. The summed E-state index contributed by atoms with van der Waals surface area (Å²) in [6.45, 7) is 1.42. The van der Waals surface area contributed by atoms with Gasteiger partial charge in [-0.2, -0.15) is 0 Å². The second kappa shape index (κ2) is 20.7. The Morgan fingerprint density at radius 2 is 1.00 bits per heavy atom. The van der Waals surface area contributed by atoms with Crippen molar-refractivity contribution in [3.8, 4) is 0 Å². The summed E-state index contributed by atoms with van der Waals surface area (Å²) in [5.41, 5.74) is 1.86. The summed E-state index contributed by atoms with van der Waals surface area (Å²) in [4.78, 5) is 72.2. The van der Waals surface area contributed by atoms with Gasteiger partial charge >= 0.3 is 24.0 Å².